The van der Waals surface area contributed by atoms with Crippen LogP contribution in [0.5, 0.6) is 0 Å². The SMILES string of the molecule is CC(CBr)CNC(=O)c1cc(Br)ccc1Cl. The lowest BCUT2D eigenvalue weighted by atomic mass is 10.2. The molecule has 1 N–H and O–H groups in total. The first-order chi connectivity index (χ1) is 7.54. The molecule has 1 unspecified atom stereocenters. The number of nitrogens with one attached hydrogen (secondary N) is 1. The van der Waals surface area contributed by atoms with Gasteiger partial charge in [0.2, 0.25) is 0 Å². The summed E-state index contributed by atoms with van der Waals surface area (Å²) in [6.45, 7) is 2.68. The van der Waals surface area contributed by atoms with Crippen LogP contribution in [0.15, 0.2) is 22.7 Å². The van der Waals surface area contributed by atoms with Gasteiger partial charge >= 0.3 is 0 Å². The van der Waals surface area contributed by atoms with E-state index in [2.05, 4.69) is 44.1 Å². The molecule has 1 amide bonds. The van der Waals surface area contributed by atoms with Gasteiger partial charge in [0.15, 0.2) is 0 Å². The molecule has 0 spiro atoms. The zero-order valence-corrected chi connectivity index (χ0v) is 12.7. The van der Waals surface area contributed by atoms with Crippen molar-refractivity contribution in [1.82, 2.24) is 5.32 Å². The van der Waals surface area contributed by atoms with Gasteiger partial charge < -0.3 is 5.32 Å². The quantitative estimate of drug-likeness (QED) is 0.802. The highest BCUT2D eigenvalue weighted by molar-refractivity contribution is 9.10. The van der Waals surface area contributed by atoms with Crippen LogP contribution in [-0.4, -0.2) is 17.8 Å². The number of halogens is 3. The van der Waals surface area contributed by atoms with E-state index in [0.717, 1.165) is 9.80 Å². The van der Waals surface area contributed by atoms with E-state index in [1.807, 2.05) is 0 Å². The van der Waals surface area contributed by atoms with Crippen molar-refractivity contribution in [3.63, 3.8) is 0 Å². The van der Waals surface area contributed by atoms with E-state index in [1.54, 1.807) is 18.2 Å². The molecule has 0 bridgehead atoms. The maximum atomic E-state index is 11.8. The molecule has 0 aliphatic carbocycles. The van der Waals surface area contributed by atoms with Crippen molar-refractivity contribution in [3.05, 3.63) is 33.3 Å². The van der Waals surface area contributed by atoms with E-state index >= 15 is 0 Å². The predicted molar refractivity (Wildman–Crippen MR) is 74.4 cm³/mol. The first kappa shape index (κ1) is 14.0. The highest BCUT2D eigenvalue weighted by atomic mass is 79.9. The summed E-state index contributed by atoms with van der Waals surface area (Å²) in [6, 6.07) is 5.23. The van der Waals surface area contributed by atoms with Gasteiger partial charge in [-0.3, -0.25) is 4.79 Å². The zero-order chi connectivity index (χ0) is 12.1. The first-order valence-electron chi connectivity index (χ1n) is 4.83. The van der Waals surface area contributed by atoms with E-state index in [4.69, 9.17) is 11.6 Å². The van der Waals surface area contributed by atoms with Crippen LogP contribution < -0.4 is 5.32 Å². The topological polar surface area (TPSA) is 29.1 Å². The Hall–Kier alpha value is -0.0600. The first-order valence-corrected chi connectivity index (χ1v) is 7.13. The Balaban J connectivity index is 2.69. The van der Waals surface area contributed by atoms with Gasteiger partial charge in [0.25, 0.3) is 5.91 Å². The molecule has 0 saturated heterocycles. The Labute approximate surface area is 117 Å². The van der Waals surface area contributed by atoms with Crippen LogP contribution in [0.1, 0.15) is 17.3 Å². The molecule has 0 radical (unpaired) electrons. The minimum atomic E-state index is -0.140. The van der Waals surface area contributed by atoms with Gasteiger partial charge in [0.1, 0.15) is 0 Å². The van der Waals surface area contributed by atoms with Crippen LogP contribution in [0.2, 0.25) is 5.02 Å². The fraction of sp³-hybridized carbons (Fsp3) is 0.364. The van der Waals surface area contributed by atoms with Crippen LogP contribution in [0.25, 0.3) is 0 Å². The summed E-state index contributed by atoms with van der Waals surface area (Å²) in [5.41, 5.74) is 0.498. The van der Waals surface area contributed by atoms with Crippen molar-refractivity contribution >= 4 is 49.4 Å². The smallest absolute Gasteiger partial charge is 0.252 e. The molecule has 0 aliphatic heterocycles. The molecule has 0 heterocycles. The van der Waals surface area contributed by atoms with Crippen molar-refractivity contribution in [1.29, 1.82) is 0 Å². The molecule has 16 heavy (non-hydrogen) atoms. The van der Waals surface area contributed by atoms with Crippen LogP contribution in [0, 0.1) is 5.92 Å². The van der Waals surface area contributed by atoms with Gasteiger partial charge in [-0.25, -0.2) is 0 Å². The average molecular weight is 369 g/mol. The van der Waals surface area contributed by atoms with Crippen LogP contribution >= 0.6 is 43.5 Å². The number of benzene rings is 1. The molecule has 0 saturated carbocycles. The summed E-state index contributed by atoms with van der Waals surface area (Å²) in [5, 5.41) is 4.17. The van der Waals surface area contributed by atoms with Gasteiger partial charge in [-0.2, -0.15) is 0 Å². The number of carbonyl (C=O) groups excluding carboxylic acids is 1. The third kappa shape index (κ3) is 4.07. The summed E-state index contributed by atoms with van der Waals surface area (Å²) in [6.07, 6.45) is 0. The Morgan fingerprint density at radius 1 is 1.56 bits per heavy atom. The minimum Gasteiger partial charge on any atom is -0.352 e. The maximum Gasteiger partial charge on any atom is 0.252 e. The molecule has 1 rings (SSSR count). The normalized spacial score (nSPS) is 12.2. The van der Waals surface area contributed by atoms with Crippen LogP contribution in [0.3, 0.4) is 0 Å². The van der Waals surface area contributed by atoms with Crippen molar-refractivity contribution in [2.24, 2.45) is 5.92 Å². The number of alkyl halides is 1. The van der Waals surface area contributed by atoms with Gasteiger partial charge in [0, 0.05) is 16.3 Å². The molecule has 0 aromatic heterocycles. The molecule has 2 nitrogen and oxygen atoms in total. The highest BCUT2D eigenvalue weighted by Crippen LogP contribution is 2.20. The molecule has 1 atom stereocenters. The largest absolute Gasteiger partial charge is 0.352 e. The number of hydrogen-bond acceptors (Lipinski definition) is 1. The summed E-state index contributed by atoms with van der Waals surface area (Å²) in [7, 11) is 0. The van der Waals surface area contributed by atoms with Crippen molar-refractivity contribution in [3.8, 4) is 0 Å². The average Bonchev–Trinajstić information content (AvgIpc) is 2.28. The van der Waals surface area contributed by atoms with Crippen LogP contribution in [0.4, 0.5) is 0 Å². The van der Waals surface area contributed by atoms with Gasteiger partial charge in [0.05, 0.1) is 10.6 Å². The fourth-order valence-electron chi connectivity index (χ4n) is 1.09. The molecular weight excluding hydrogens is 357 g/mol. The van der Waals surface area contributed by atoms with Crippen molar-refractivity contribution < 1.29 is 4.79 Å². The number of amides is 1. The van der Waals surface area contributed by atoms with E-state index in [1.165, 1.54) is 0 Å². The van der Waals surface area contributed by atoms with E-state index < -0.39 is 0 Å². The van der Waals surface area contributed by atoms with E-state index in [-0.39, 0.29) is 5.91 Å². The number of rotatable bonds is 4. The third-order valence-electron chi connectivity index (χ3n) is 2.05. The number of hydrogen-bond donors (Lipinski definition) is 1. The van der Waals surface area contributed by atoms with Crippen molar-refractivity contribution in [2.45, 2.75) is 6.92 Å². The Bertz CT molecular complexity index is 384. The minimum absolute atomic E-state index is 0.140. The molecule has 0 aliphatic rings. The molecule has 88 valence electrons. The van der Waals surface area contributed by atoms with E-state index in [9.17, 15) is 4.79 Å². The predicted octanol–water partition coefficient (Wildman–Crippen LogP) is 3.86. The molecule has 0 fully saturated rings. The van der Waals surface area contributed by atoms with Crippen molar-refractivity contribution in [2.75, 3.05) is 11.9 Å². The molecular formula is C11H12Br2ClNO. The maximum absolute atomic E-state index is 11.8. The summed E-state index contributed by atoms with van der Waals surface area (Å²) >= 11 is 12.6. The standard InChI is InChI=1S/C11H12Br2ClNO/c1-7(5-12)6-15-11(16)9-4-8(13)2-3-10(9)14/h2-4,7H,5-6H2,1H3,(H,15,16). The third-order valence-corrected chi connectivity index (χ3v) is 3.98. The lowest BCUT2D eigenvalue weighted by molar-refractivity contribution is 0.0949. The second-order valence-electron chi connectivity index (χ2n) is 3.59. The number of carbonyl (C=O) groups is 1. The summed E-state index contributed by atoms with van der Waals surface area (Å²) in [5.74, 6) is 0.258. The Kier molecular flexibility index (Phi) is 5.79. The van der Waals surface area contributed by atoms with Crippen LogP contribution in [-0.2, 0) is 0 Å². The van der Waals surface area contributed by atoms with Gasteiger partial charge in [-0.15, -0.1) is 0 Å². The second-order valence-corrected chi connectivity index (χ2v) is 5.56. The highest BCUT2D eigenvalue weighted by Gasteiger charge is 2.11. The zero-order valence-electron chi connectivity index (χ0n) is 8.77. The fourth-order valence-corrected chi connectivity index (χ4v) is 1.88. The molecule has 5 heteroatoms. The molecule has 1 aromatic carbocycles. The summed E-state index contributed by atoms with van der Waals surface area (Å²) < 4.78 is 0.843. The lowest BCUT2D eigenvalue weighted by Crippen LogP contribution is -2.29. The van der Waals surface area contributed by atoms with E-state index in [0.29, 0.717) is 23.0 Å². The van der Waals surface area contributed by atoms with Gasteiger partial charge in [-0.1, -0.05) is 50.4 Å². The molecule has 1 aromatic rings. The summed E-state index contributed by atoms with van der Waals surface area (Å²) in [4.78, 5) is 11.8. The van der Waals surface area contributed by atoms with Gasteiger partial charge in [-0.05, 0) is 24.1 Å². The Morgan fingerprint density at radius 2 is 2.25 bits per heavy atom. The second kappa shape index (κ2) is 6.62. The lowest BCUT2D eigenvalue weighted by Gasteiger charge is -2.10. The monoisotopic (exact) mass is 367 g/mol. The Morgan fingerprint density at radius 3 is 2.88 bits per heavy atom.